The van der Waals surface area contributed by atoms with Crippen molar-refractivity contribution in [3.05, 3.63) is 63.2 Å². The van der Waals surface area contributed by atoms with Crippen molar-refractivity contribution >= 4 is 22.4 Å². The summed E-state index contributed by atoms with van der Waals surface area (Å²) in [5.41, 5.74) is 1.33. The average Bonchev–Trinajstić information content (AvgIpc) is 3.22. The van der Waals surface area contributed by atoms with E-state index in [1.165, 1.54) is 15.9 Å². The molecule has 26 heavy (non-hydrogen) atoms. The van der Waals surface area contributed by atoms with E-state index in [1.54, 1.807) is 44.8 Å². The summed E-state index contributed by atoms with van der Waals surface area (Å²) in [5, 5.41) is 4.31. The molecule has 0 saturated heterocycles. The molecule has 4 aromatic rings. The van der Waals surface area contributed by atoms with Gasteiger partial charge in [-0.1, -0.05) is 11.3 Å². The van der Waals surface area contributed by atoms with Crippen LogP contribution in [0.4, 0.5) is 0 Å². The first kappa shape index (κ1) is 16.2. The summed E-state index contributed by atoms with van der Waals surface area (Å²) in [6.07, 6.45) is 5.11. The summed E-state index contributed by atoms with van der Waals surface area (Å²) in [6.45, 7) is 0. The fraction of sp³-hybridized carbons (Fsp3) is 0.111. The van der Waals surface area contributed by atoms with E-state index in [4.69, 9.17) is 9.47 Å². The molecule has 4 rings (SSSR count). The molecule has 3 heterocycles. The minimum Gasteiger partial charge on any atom is -0.497 e. The van der Waals surface area contributed by atoms with E-state index in [0.717, 1.165) is 11.1 Å². The highest BCUT2D eigenvalue weighted by Crippen LogP contribution is 2.25. The van der Waals surface area contributed by atoms with Gasteiger partial charge >= 0.3 is 0 Å². The number of methoxy groups -OCH3 is 2. The molecule has 0 radical (unpaired) electrons. The van der Waals surface area contributed by atoms with E-state index in [-0.39, 0.29) is 5.56 Å². The quantitative estimate of drug-likeness (QED) is 0.548. The van der Waals surface area contributed by atoms with Gasteiger partial charge in [0.05, 0.1) is 18.8 Å². The van der Waals surface area contributed by atoms with E-state index >= 15 is 0 Å². The summed E-state index contributed by atoms with van der Waals surface area (Å²) in [5.74, 6) is 1.79. The number of nitrogens with zero attached hydrogens (tertiary/aromatic N) is 4. The van der Waals surface area contributed by atoms with Crippen LogP contribution in [0.25, 0.3) is 22.4 Å². The number of ether oxygens (including phenoxy) is 2. The highest BCUT2D eigenvalue weighted by Gasteiger charge is 2.12. The maximum absolute atomic E-state index is 12.7. The maximum Gasteiger partial charge on any atom is 0.291 e. The monoisotopic (exact) mass is 366 g/mol. The largest absolute Gasteiger partial charge is 0.497 e. The Morgan fingerprint density at radius 2 is 2.08 bits per heavy atom. The molecule has 1 aromatic carbocycles. The maximum atomic E-state index is 12.7. The molecular weight excluding hydrogens is 352 g/mol. The zero-order valence-corrected chi connectivity index (χ0v) is 14.9. The Morgan fingerprint density at radius 3 is 2.77 bits per heavy atom. The Bertz CT molecular complexity index is 1180. The van der Waals surface area contributed by atoms with Gasteiger partial charge in [0.1, 0.15) is 11.5 Å². The molecular formula is C18H14N4O3S. The third kappa shape index (κ3) is 2.80. The standard InChI is InChI=1S/C18H14N4O3S/c1-24-13-6-5-11(14(9-13)25-2)8-15-17(23)22-18(26-15)20-16(21-22)12-4-3-7-19-10-12/h3-10H,1-2H3/b15-8-. The van der Waals surface area contributed by atoms with Crippen molar-refractivity contribution in [2.24, 2.45) is 0 Å². The van der Waals surface area contributed by atoms with Crippen LogP contribution in [0.3, 0.4) is 0 Å². The predicted molar refractivity (Wildman–Crippen MR) is 98.7 cm³/mol. The van der Waals surface area contributed by atoms with Gasteiger partial charge in [-0.15, -0.1) is 5.10 Å². The number of benzene rings is 1. The number of rotatable bonds is 4. The van der Waals surface area contributed by atoms with Gasteiger partial charge in [0, 0.05) is 29.6 Å². The second-order valence-corrected chi connectivity index (χ2v) is 6.40. The molecule has 7 nitrogen and oxygen atoms in total. The van der Waals surface area contributed by atoms with Crippen molar-refractivity contribution in [3.63, 3.8) is 0 Å². The molecule has 0 N–H and O–H groups in total. The Morgan fingerprint density at radius 1 is 1.19 bits per heavy atom. The van der Waals surface area contributed by atoms with Crippen molar-refractivity contribution in [1.82, 2.24) is 19.6 Å². The summed E-state index contributed by atoms with van der Waals surface area (Å²) in [6, 6.07) is 9.09. The van der Waals surface area contributed by atoms with Crippen LogP contribution < -0.4 is 19.6 Å². The van der Waals surface area contributed by atoms with E-state index < -0.39 is 0 Å². The minimum absolute atomic E-state index is 0.217. The van der Waals surface area contributed by atoms with Crippen molar-refractivity contribution < 1.29 is 9.47 Å². The molecule has 8 heteroatoms. The van der Waals surface area contributed by atoms with Gasteiger partial charge in [-0.25, -0.2) is 0 Å². The first-order chi connectivity index (χ1) is 12.7. The molecule has 0 aliphatic heterocycles. The number of fused-ring (bicyclic) bond motifs is 1. The Kier molecular flexibility index (Phi) is 4.10. The lowest BCUT2D eigenvalue weighted by atomic mass is 10.2. The highest BCUT2D eigenvalue weighted by molar-refractivity contribution is 7.15. The SMILES string of the molecule is COc1ccc(/C=c2\sc3nc(-c4cccnc4)nn3c2=O)c(OC)c1. The lowest BCUT2D eigenvalue weighted by Gasteiger charge is -2.06. The van der Waals surface area contributed by atoms with E-state index in [0.29, 0.717) is 26.8 Å². The number of hydrogen-bond donors (Lipinski definition) is 0. The van der Waals surface area contributed by atoms with Crippen molar-refractivity contribution in [2.75, 3.05) is 14.2 Å². The van der Waals surface area contributed by atoms with Gasteiger partial charge in [-0.2, -0.15) is 9.50 Å². The molecule has 0 spiro atoms. The van der Waals surface area contributed by atoms with Crippen LogP contribution in [-0.2, 0) is 0 Å². The number of thiazole rings is 1. The van der Waals surface area contributed by atoms with Crippen LogP contribution in [0.5, 0.6) is 11.5 Å². The van der Waals surface area contributed by atoms with Gasteiger partial charge in [-0.3, -0.25) is 9.78 Å². The van der Waals surface area contributed by atoms with Crippen molar-refractivity contribution in [1.29, 1.82) is 0 Å². The van der Waals surface area contributed by atoms with Gasteiger partial charge in [-0.05, 0) is 30.3 Å². The molecule has 0 aliphatic rings. The van der Waals surface area contributed by atoms with Gasteiger partial charge in [0.2, 0.25) is 4.96 Å². The van der Waals surface area contributed by atoms with Gasteiger partial charge in [0.15, 0.2) is 5.82 Å². The number of pyridine rings is 1. The third-order valence-electron chi connectivity index (χ3n) is 3.83. The highest BCUT2D eigenvalue weighted by atomic mass is 32.1. The van der Waals surface area contributed by atoms with Crippen LogP contribution in [0.1, 0.15) is 5.56 Å². The second kappa shape index (κ2) is 6.57. The summed E-state index contributed by atoms with van der Waals surface area (Å²) in [7, 11) is 3.17. The van der Waals surface area contributed by atoms with Crippen molar-refractivity contribution in [3.8, 4) is 22.9 Å². The minimum atomic E-state index is -0.217. The molecule has 130 valence electrons. The van der Waals surface area contributed by atoms with Gasteiger partial charge in [0.25, 0.3) is 5.56 Å². The number of hydrogen-bond acceptors (Lipinski definition) is 7. The average molecular weight is 366 g/mol. The topological polar surface area (TPSA) is 78.6 Å². The molecule has 0 aliphatic carbocycles. The van der Waals surface area contributed by atoms with E-state index in [9.17, 15) is 4.79 Å². The van der Waals surface area contributed by atoms with Gasteiger partial charge < -0.3 is 9.47 Å². The molecule has 0 fully saturated rings. The van der Waals surface area contributed by atoms with Crippen LogP contribution in [0, 0.1) is 0 Å². The van der Waals surface area contributed by atoms with E-state index in [1.807, 2.05) is 18.2 Å². The molecule has 0 atom stereocenters. The fourth-order valence-electron chi connectivity index (χ4n) is 2.53. The zero-order valence-electron chi connectivity index (χ0n) is 14.0. The smallest absolute Gasteiger partial charge is 0.291 e. The number of aromatic nitrogens is 4. The first-order valence-electron chi connectivity index (χ1n) is 7.73. The Labute approximate surface area is 152 Å². The van der Waals surface area contributed by atoms with Crippen LogP contribution >= 0.6 is 11.3 Å². The molecule has 0 unspecified atom stereocenters. The fourth-order valence-corrected chi connectivity index (χ4v) is 3.43. The van der Waals surface area contributed by atoms with Crippen LogP contribution in [-0.4, -0.2) is 33.8 Å². The summed E-state index contributed by atoms with van der Waals surface area (Å²) in [4.78, 5) is 21.7. The molecule has 0 saturated carbocycles. The molecule has 3 aromatic heterocycles. The summed E-state index contributed by atoms with van der Waals surface area (Å²) < 4.78 is 12.4. The van der Waals surface area contributed by atoms with Crippen LogP contribution in [0.15, 0.2) is 47.5 Å². The lowest BCUT2D eigenvalue weighted by Crippen LogP contribution is -2.23. The Balaban J connectivity index is 1.81. The normalized spacial score (nSPS) is 11.8. The lowest BCUT2D eigenvalue weighted by molar-refractivity contribution is 0.393. The van der Waals surface area contributed by atoms with Crippen molar-refractivity contribution in [2.45, 2.75) is 0 Å². The van der Waals surface area contributed by atoms with E-state index in [2.05, 4.69) is 15.1 Å². The molecule has 0 amide bonds. The van der Waals surface area contributed by atoms with Crippen LogP contribution in [0.2, 0.25) is 0 Å². The summed E-state index contributed by atoms with van der Waals surface area (Å²) >= 11 is 1.28. The zero-order chi connectivity index (χ0) is 18.1. The molecule has 0 bridgehead atoms. The first-order valence-corrected chi connectivity index (χ1v) is 8.55. The Hall–Kier alpha value is -3.26. The predicted octanol–water partition coefficient (Wildman–Crippen LogP) is 1.78. The third-order valence-corrected chi connectivity index (χ3v) is 4.79. The second-order valence-electron chi connectivity index (χ2n) is 5.40.